The maximum absolute atomic E-state index is 4.74. The average molecular weight is 477 g/mol. The minimum absolute atomic E-state index is 0.653. The molecule has 182 valence electrons. The lowest BCUT2D eigenvalue weighted by atomic mass is 10.1. The first-order valence-corrected chi connectivity index (χ1v) is 12.9. The van der Waals surface area contributed by atoms with E-state index in [4.69, 9.17) is 9.97 Å². The predicted molar refractivity (Wildman–Crippen MR) is 145 cm³/mol. The number of unbranched alkanes of at least 4 members (excludes halogenated alkanes) is 2. The van der Waals surface area contributed by atoms with Crippen LogP contribution in [0.1, 0.15) is 50.7 Å². The molecule has 0 radical (unpaired) electrons. The van der Waals surface area contributed by atoms with Crippen molar-refractivity contribution in [3.63, 3.8) is 0 Å². The van der Waals surface area contributed by atoms with Crippen molar-refractivity contribution in [1.82, 2.24) is 30.4 Å². The highest BCUT2D eigenvalue weighted by Gasteiger charge is 2.12. The van der Waals surface area contributed by atoms with E-state index in [1.54, 1.807) is 0 Å². The molecule has 0 fully saturated rings. The van der Waals surface area contributed by atoms with Crippen LogP contribution in [0.15, 0.2) is 72.8 Å². The van der Waals surface area contributed by atoms with E-state index in [1.807, 2.05) is 24.3 Å². The fourth-order valence-corrected chi connectivity index (χ4v) is 4.26. The SMILES string of the molecule is CCCCc1ccc(-c2nc(-c3cccc(-c4n[nH]c(-c5ccc(CCCC)cc5)n4)c3)n[nH]2)cc1. The number of hydrogen-bond acceptors (Lipinski definition) is 4. The summed E-state index contributed by atoms with van der Waals surface area (Å²) in [5, 5.41) is 15.1. The van der Waals surface area contributed by atoms with Crippen molar-refractivity contribution < 1.29 is 0 Å². The Kier molecular flexibility index (Phi) is 7.31. The Morgan fingerprint density at radius 2 is 1.00 bits per heavy atom. The largest absolute Gasteiger partial charge is 0.259 e. The van der Waals surface area contributed by atoms with E-state index in [1.165, 1.54) is 36.8 Å². The number of H-pyrrole nitrogens is 2. The summed E-state index contributed by atoms with van der Waals surface area (Å²) in [5.74, 6) is 2.83. The monoisotopic (exact) mass is 476 g/mol. The van der Waals surface area contributed by atoms with Crippen LogP contribution in [0.3, 0.4) is 0 Å². The van der Waals surface area contributed by atoms with Gasteiger partial charge in [0, 0.05) is 22.3 Å². The van der Waals surface area contributed by atoms with Crippen molar-refractivity contribution in [2.24, 2.45) is 0 Å². The van der Waals surface area contributed by atoms with Crippen molar-refractivity contribution in [3.05, 3.63) is 83.9 Å². The number of aromatic nitrogens is 6. The minimum atomic E-state index is 0.653. The minimum Gasteiger partial charge on any atom is -0.259 e. The molecule has 0 spiro atoms. The standard InChI is InChI=1S/C30H32N6/c1-3-5-8-21-12-16-23(17-13-21)27-31-29(35-33-27)25-10-7-11-26(20-25)30-32-28(34-36-30)24-18-14-22(15-19-24)9-6-4-2/h7,10-20H,3-6,8-9H2,1-2H3,(H,31,33,35)(H,32,34,36). The second-order valence-electron chi connectivity index (χ2n) is 9.20. The Bertz CT molecular complexity index is 1290. The van der Waals surface area contributed by atoms with Crippen LogP contribution in [0, 0.1) is 0 Å². The van der Waals surface area contributed by atoms with Gasteiger partial charge in [0.2, 0.25) is 0 Å². The third kappa shape index (κ3) is 5.43. The van der Waals surface area contributed by atoms with Gasteiger partial charge in [0.05, 0.1) is 0 Å². The summed E-state index contributed by atoms with van der Waals surface area (Å²) in [6.07, 6.45) is 7.04. The van der Waals surface area contributed by atoms with Gasteiger partial charge in [-0.3, -0.25) is 10.2 Å². The average Bonchev–Trinajstić information content (AvgIpc) is 3.62. The predicted octanol–water partition coefficient (Wildman–Crippen LogP) is 7.28. The molecule has 0 saturated heterocycles. The quantitative estimate of drug-likeness (QED) is 0.222. The number of benzene rings is 3. The second kappa shape index (κ2) is 11.1. The summed E-state index contributed by atoms with van der Waals surface area (Å²) in [6.45, 7) is 4.43. The van der Waals surface area contributed by atoms with Crippen LogP contribution in [0.25, 0.3) is 45.6 Å². The number of aromatic amines is 2. The molecule has 2 aromatic heterocycles. The zero-order chi connectivity index (χ0) is 24.7. The summed E-state index contributed by atoms with van der Waals surface area (Å²) in [6, 6.07) is 25.2. The maximum Gasteiger partial charge on any atom is 0.181 e. The van der Waals surface area contributed by atoms with E-state index in [2.05, 4.69) is 82.8 Å². The van der Waals surface area contributed by atoms with Gasteiger partial charge in [-0.1, -0.05) is 93.4 Å². The Balaban J connectivity index is 1.32. The Hall–Kier alpha value is -4.06. The molecule has 0 bridgehead atoms. The third-order valence-corrected chi connectivity index (χ3v) is 6.44. The molecule has 6 nitrogen and oxygen atoms in total. The molecule has 2 N–H and O–H groups in total. The first kappa shape index (κ1) is 23.7. The molecule has 36 heavy (non-hydrogen) atoms. The molecule has 0 aliphatic rings. The lowest BCUT2D eigenvalue weighted by Crippen LogP contribution is -1.87. The van der Waals surface area contributed by atoms with Crippen molar-refractivity contribution >= 4 is 0 Å². The summed E-state index contributed by atoms with van der Waals surface area (Å²) in [5.41, 5.74) is 6.61. The molecule has 6 heteroatoms. The molecule has 3 aromatic carbocycles. The van der Waals surface area contributed by atoms with Gasteiger partial charge in [0.1, 0.15) is 0 Å². The van der Waals surface area contributed by atoms with Gasteiger partial charge >= 0.3 is 0 Å². The molecule has 5 aromatic rings. The highest BCUT2D eigenvalue weighted by molar-refractivity contribution is 5.69. The van der Waals surface area contributed by atoms with E-state index in [0.29, 0.717) is 11.6 Å². The molecular weight excluding hydrogens is 444 g/mol. The molecule has 0 amide bonds. The highest BCUT2D eigenvalue weighted by Crippen LogP contribution is 2.26. The van der Waals surface area contributed by atoms with E-state index in [9.17, 15) is 0 Å². The molecule has 2 heterocycles. The lowest BCUT2D eigenvalue weighted by molar-refractivity contribution is 0.795. The second-order valence-corrected chi connectivity index (χ2v) is 9.20. The fraction of sp³-hybridized carbons (Fsp3) is 0.267. The van der Waals surface area contributed by atoms with Crippen molar-refractivity contribution in [2.45, 2.75) is 52.4 Å². The van der Waals surface area contributed by atoms with Gasteiger partial charge in [-0.15, -0.1) is 0 Å². The van der Waals surface area contributed by atoms with Crippen LogP contribution < -0.4 is 0 Å². The lowest BCUT2D eigenvalue weighted by Gasteiger charge is -2.01. The van der Waals surface area contributed by atoms with Crippen LogP contribution in [0.4, 0.5) is 0 Å². The van der Waals surface area contributed by atoms with E-state index in [0.717, 1.165) is 46.7 Å². The Morgan fingerprint density at radius 1 is 0.556 bits per heavy atom. The summed E-state index contributed by atoms with van der Waals surface area (Å²) < 4.78 is 0. The molecule has 5 rings (SSSR count). The smallest absolute Gasteiger partial charge is 0.181 e. The number of hydrogen-bond donors (Lipinski definition) is 2. The molecule has 0 aliphatic heterocycles. The number of aryl methyl sites for hydroxylation is 2. The summed E-state index contributed by atoms with van der Waals surface area (Å²) in [4.78, 5) is 9.49. The molecule has 0 unspecified atom stereocenters. The first-order valence-electron chi connectivity index (χ1n) is 12.9. The topological polar surface area (TPSA) is 83.1 Å². The maximum atomic E-state index is 4.74. The van der Waals surface area contributed by atoms with Crippen molar-refractivity contribution in [1.29, 1.82) is 0 Å². The van der Waals surface area contributed by atoms with Gasteiger partial charge in [0.25, 0.3) is 0 Å². The van der Waals surface area contributed by atoms with Gasteiger partial charge in [-0.05, 0) is 42.9 Å². The fourth-order valence-electron chi connectivity index (χ4n) is 4.26. The zero-order valence-electron chi connectivity index (χ0n) is 21.0. The number of rotatable bonds is 10. The number of nitrogens with zero attached hydrogens (tertiary/aromatic N) is 4. The van der Waals surface area contributed by atoms with Crippen molar-refractivity contribution in [2.75, 3.05) is 0 Å². The van der Waals surface area contributed by atoms with Crippen LogP contribution in [0.5, 0.6) is 0 Å². The first-order chi connectivity index (χ1) is 17.7. The Labute approximate surface area is 212 Å². The van der Waals surface area contributed by atoms with Crippen LogP contribution in [-0.4, -0.2) is 30.4 Å². The van der Waals surface area contributed by atoms with Gasteiger partial charge in [0.15, 0.2) is 23.3 Å². The van der Waals surface area contributed by atoms with E-state index < -0.39 is 0 Å². The summed E-state index contributed by atoms with van der Waals surface area (Å²) in [7, 11) is 0. The third-order valence-electron chi connectivity index (χ3n) is 6.44. The van der Waals surface area contributed by atoms with Crippen LogP contribution in [-0.2, 0) is 12.8 Å². The van der Waals surface area contributed by atoms with Gasteiger partial charge < -0.3 is 0 Å². The van der Waals surface area contributed by atoms with Crippen LogP contribution >= 0.6 is 0 Å². The van der Waals surface area contributed by atoms with E-state index >= 15 is 0 Å². The van der Waals surface area contributed by atoms with Gasteiger partial charge in [-0.2, -0.15) is 10.2 Å². The zero-order valence-corrected chi connectivity index (χ0v) is 21.0. The van der Waals surface area contributed by atoms with Crippen molar-refractivity contribution in [3.8, 4) is 45.6 Å². The highest BCUT2D eigenvalue weighted by atomic mass is 15.2. The summed E-state index contributed by atoms with van der Waals surface area (Å²) >= 11 is 0. The Morgan fingerprint density at radius 3 is 1.42 bits per heavy atom. The molecule has 0 atom stereocenters. The molecular formula is C30H32N6. The van der Waals surface area contributed by atoms with E-state index in [-0.39, 0.29) is 0 Å². The number of nitrogens with one attached hydrogen (secondary N) is 2. The molecule has 0 saturated carbocycles. The van der Waals surface area contributed by atoms with Gasteiger partial charge in [-0.25, -0.2) is 9.97 Å². The van der Waals surface area contributed by atoms with Crippen LogP contribution in [0.2, 0.25) is 0 Å². The molecule has 0 aliphatic carbocycles. The normalized spacial score (nSPS) is 11.2.